The van der Waals surface area contributed by atoms with E-state index in [9.17, 15) is 9.59 Å². The van der Waals surface area contributed by atoms with Gasteiger partial charge in [0.15, 0.2) is 0 Å². The lowest BCUT2D eigenvalue weighted by Crippen LogP contribution is -2.37. The first-order valence-electron chi connectivity index (χ1n) is 6.91. The molecule has 0 spiro atoms. The Hall–Kier alpha value is -2.57. The average molecular weight is 365 g/mol. The molecule has 8 heteroatoms. The number of halogens is 2. The Bertz CT molecular complexity index is 765. The third kappa shape index (κ3) is 5.91. The number of hydrogen-bond donors (Lipinski definition) is 3. The van der Waals surface area contributed by atoms with Crippen LogP contribution in [0.2, 0.25) is 10.0 Å². The number of anilines is 1. The molecule has 0 bridgehead atoms. The molecule has 0 aliphatic rings. The predicted molar refractivity (Wildman–Crippen MR) is 95.7 cm³/mol. The van der Waals surface area contributed by atoms with Crippen LogP contribution in [0.4, 0.5) is 10.5 Å². The van der Waals surface area contributed by atoms with Crippen LogP contribution in [0, 0.1) is 0 Å². The van der Waals surface area contributed by atoms with E-state index in [0.29, 0.717) is 21.3 Å². The number of amides is 3. The zero-order chi connectivity index (χ0) is 17.4. The second-order valence-electron chi connectivity index (χ2n) is 4.63. The molecule has 24 heavy (non-hydrogen) atoms. The minimum Gasteiger partial charge on any atom is -0.329 e. The number of carbonyl (C=O) groups is 2. The lowest BCUT2D eigenvalue weighted by Gasteiger charge is -2.07. The zero-order valence-electron chi connectivity index (χ0n) is 12.4. The third-order valence-electron chi connectivity index (χ3n) is 2.79. The van der Waals surface area contributed by atoms with Gasteiger partial charge in [0.1, 0.15) is 6.54 Å². The van der Waals surface area contributed by atoms with Gasteiger partial charge in [-0.1, -0.05) is 47.5 Å². The monoisotopic (exact) mass is 364 g/mol. The molecule has 0 aliphatic carbocycles. The molecule has 0 atom stereocenters. The van der Waals surface area contributed by atoms with E-state index in [1.165, 1.54) is 6.21 Å². The summed E-state index contributed by atoms with van der Waals surface area (Å²) < 4.78 is 0. The second-order valence-corrected chi connectivity index (χ2v) is 5.48. The number of urea groups is 1. The van der Waals surface area contributed by atoms with Crippen molar-refractivity contribution in [3.63, 3.8) is 0 Å². The highest BCUT2D eigenvalue weighted by Gasteiger charge is 2.05. The van der Waals surface area contributed by atoms with Crippen molar-refractivity contribution in [1.82, 2.24) is 10.7 Å². The number of nitrogens with one attached hydrogen (secondary N) is 3. The van der Waals surface area contributed by atoms with Crippen LogP contribution in [-0.2, 0) is 4.79 Å². The Morgan fingerprint density at radius 3 is 2.62 bits per heavy atom. The van der Waals surface area contributed by atoms with Gasteiger partial charge in [0.05, 0.1) is 6.21 Å². The molecule has 2 aromatic rings. The maximum absolute atomic E-state index is 11.7. The van der Waals surface area contributed by atoms with Crippen molar-refractivity contribution in [3.8, 4) is 0 Å². The highest BCUT2D eigenvalue weighted by molar-refractivity contribution is 6.33. The van der Waals surface area contributed by atoms with Crippen LogP contribution in [-0.4, -0.2) is 24.7 Å². The van der Waals surface area contributed by atoms with Gasteiger partial charge in [0, 0.05) is 21.3 Å². The summed E-state index contributed by atoms with van der Waals surface area (Å²) in [5.41, 5.74) is 3.49. The normalized spacial score (nSPS) is 10.4. The Morgan fingerprint density at radius 1 is 1.08 bits per heavy atom. The van der Waals surface area contributed by atoms with Gasteiger partial charge in [-0.3, -0.25) is 4.79 Å². The Balaban J connectivity index is 1.75. The van der Waals surface area contributed by atoms with E-state index in [1.54, 1.807) is 48.5 Å². The fourth-order valence-electron chi connectivity index (χ4n) is 1.70. The van der Waals surface area contributed by atoms with Gasteiger partial charge in [0.25, 0.3) is 5.91 Å². The number of benzene rings is 2. The van der Waals surface area contributed by atoms with Crippen molar-refractivity contribution < 1.29 is 9.59 Å². The van der Waals surface area contributed by atoms with Crippen LogP contribution in [0.5, 0.6) is 0 Å². The van der Waals surface area contributed by atoms with E-state index >= 15 is 0 Å². The Kier molecular flexibility index (Phi) is 6.60. The average Bonchev–Trinajstić information content (AvgIpc) is 2.55. The van der Waals surface area contributed by atoms with Gasteiger partial charge >= 0.3 is 6.03 Å². The van der Waals surface area contributed by atoms with E-state index in [2.05, 4.69) is 21.2 Å². The summed E-state index contributed by atoms with van der Waals surface area (Å²) in [7, 11) is 0. The molecule has 0 radical (unpaired) electrons. The lowest BCUT2D eigenvalue weighted by molar-refractivity contribution is -0.120. The van der Waals surface area contributed by atoms with Crippen LogP contribution in [0.3, 0.4) is 0 Å². The number of hydrazone groups is 1. The van der Waals surface area contributed by atoms with Gasteiger partial charge in [-0.15, -0.1) is 0 Å². The van der Waals surface area contributed by atoms with Crippen molar-refractivity contribution in [1.29, 1.82) is 0 Å². The largest absolute Gasteiger partial charge is 0.329 e. The molecule has 3 N–H and O–H groups in total. The molecule has 0 aromatic heterocycles. The highest BCUT2D eigenvalue weighted by Crippen LogP contribution is 2.14. The molecule has 0 saturated carbocycles. The Morgan fingerprint density at radius 2 is 1.88 bits per heavy atom. The quantitative estimate of drug-likeness (QED) is 0.561. The highest BCUT2D eigenvalue weighted by atomic mass is 35.5. The molecular weight excluding hydrogens is 351 g/mol. The van der Waals surface area contributed by atoms with Crippen LogP contribution in [0.15, 0.2) is 53.6 Å². The summed E-state index contributed by atoms with van der Waals surface area (Å²) in [6.07, 6.45) is 1.42. The van der Waals surface area contributed by atoms with E-state index in [4.69, 9.17) is 23.2 Å². The van der Waals surface area contributed by atoms with E-state index < -0.39 is 11.9 Å². The van der Waals surface area contributed by atoms with Crippen molar-refractivity contribution in [3.05, 3.63) is 64.1 Å². The van der Waals surface area contributed by atoms with Crippen molar-refractivity contribution in [2.45, 2.75) is 0 Å². The van der Waals surface area contributed by atoms with Gasteiger partial charge in [-0.05, 0) is 24.3 Å². The smallest absolute Gasteiger partial charge is 0.319 e. The fourth-order valence-corrected chi connectivity index (χ4v) is 2.07. The first-order valence-corrected chi connectivity index (χ1v) is 7.67. The van der Waals surface area contributed by atoms with Crippen molar-refractivity contribution in [2.24, 2.45) is 5.10 Å². The fraction of sp³-hybridized carbons (Fsp3) is 0.0625. The summed E-state index contributed by atoms with van der Waals surface area (Å²) in [4.78, 5) is 23.3. The molecule has 0 heterocycles. The minimum absolute atomic E-state index is 0.230. The summed E-state index contributed by atoms with van der Waals surface area (Å²) in [5, 5.41) is 9.76. The Labute approximate surface area is 148 Å². The van der Waals surface area contributed by atoms with Gasteiger partial charge in [-0.25, -0.2) is 10.2 Å². The molecule has 0 fully saturated rings. The molecule has 2 rings (SSSR count). The lowest BCUT2D eigenvalue weighted by atomic mass is 10.2. The number of hydrogen-bond acceptors (Lipinski definition) is 3. The summed E-state index contributed by atoms with van der Waals surface area (Å²) >= 11 is 11.8. The van der Waals surface area contributed by atoms with Gasteiger partial charge in [0.2, 0.25) is 0 Å². The molecule has 6 nitrogen and oxygen atoms in total. The maximum atomic E-state index is 11.7. The van der Waals surface area contributed by atoms with Crippen LogP contribution < -0.4 is 16.1 Å². The van der Waals surface area contributed by atoms with Gasteiger partial charge < -0.3 is 10.6 Å². The van der Waals surface area contributed by atoms with E-state index in [0.717, 1.165) is 0 Å². The van der Waals surface area contributed by atoms with Gasteiger partial charge in [-0.2, -0.15) is 5.10 Å². The first kappa shape index (κ1) is 17.8. The zero-order valence-corrected chi connectivity index (χ0v) is 13.9. The molecular formula is C16H14Cl2N4O2. The number of carbonyl (C=O) groups excluding carboxylic acids is 2. The predicted octanol–water partition coefficient (Wildman–Crippen LogP) is 3.27. The number of nitrogens with zero attached hydrogens (tertiary/aromatic N) is 1. The third-order valence-corrected chi connectivity index (χ3v) is 3.37. The molecule has 2 aromatic carbocycles. The number of rotatable bonds is 5. The molecule has 0 aliphatic heterocycles. The van der Waals surface area contributed by atoms with Crippen LogP contribution >= 0.6 is 23.2 Å². The maximum Gasteiger partial charge on any atom is 0.319 e. The van der Waals surface area contributed by atoms with E-state index in [1.807, 2.05) is 0 Å². The summed E-state index contributed by atoms with van der Waals surface area (Å²) in [6.45, 7) is -0.230. The molecule has 124 valence electrons. The van der Waals surface area contributed by atoms with E-state index in [-0.39, 0.29) is 6.54 Å². The second kappa shape index (κ2) is 8.90. The van der Waals surface area contributed by atoms with Crippen molar-refractivity contribution in [2.75, 3.05) is 11.9 Å². The minimum atomic E-state index is -0.525. The molecule has 3 amide bonds. The first-order chi connectivity index (χ1) is 11.5. The molecule has 0 saturated heterocycles. The van der Waals surface area contributed by atoms with Crippen LogP contribution in [0.25, 0.3) is 0 Å². The summed E-state index contributed by atoms with van der Waals surface area (Å²) in [5.74, 6) is -0.473. The SMILES string of the molecule is O=C(CNC(=O)Nc1cccc(Cl)c1)N/N=C/c1ccccc1Cl. The van der Waals surface area contributed by atoms with Crippen molar-refractivity contribution >= 4 is 47.0 Å². The van der Waals surface area contributed by atoms with Crippen LogP contribution in [0.1, 0.15) is 5.56 Å². The summed E-state index contributed by atoms with van der Waals surface area (Å²) in [6, 6.07) is 13.2. The topological polar surface area (TPSA) is 82.6 Å². The standard InChI is InChI=1S/C16H14Cl2N4O2/c17-12-5-3-6-13(8-12)21-16(24)19-10-15(23)22-20-9-11-4-1-2-7-14(11)18/h1-9H,10H2,(H,22,23)(H2,19,21,24)/b20-9+. The molecule has 0 unspecified atom stereocenters.